The van der Waals surface area contributed by atoms with Crippen LogP contribution in [-0.4, -0.2) is 36.9 Å². The molecule has 0 radical (unpaired) electrons. The summed E-state index contributed by atoms with van der Waals surface area (Å²) in [4.78, 5) is 12.1. The van der Waals surface area contributed by atoms with E-state index in [9.17, 15) is 4.79 Å². The molecule has 0 aromatic rings. The van der Waals surface area contributed by atoms with Crippen molar-refractivity contribution in [3.05, 3.63) is 0 Å². The van der Waals surface area contributed by atoms with Crippen molar-refractivity contribution in [3.63, 3.8) is 0 Å². The van der Waals surface area contributed by atoms with Gasteiger partial charge in [-0.15, -0.1) is 0 Å². The molecule has 1 aliphatic rings. The number of unbranched alkanes of at least 4 members (excludes halogenated alkanes) is 14. The molecule has 184 valence electrons. The van der Waals surface area contributed by atoms with Crippen molar-refractivity contribution >= 4 is 21.9 Å². The van der Waals surface area contributed by atoms with E-state index in [-0.39, 0.29) is 11.4 Å². The average molecular weight is 506 g/mol. The van der Waals surface area contributed by atoms with Crippen molar-refractivity contribution < 1.29 is 19.0 Å². The number of hydrogen-bond acceptors (Lipinski definition) is 4. The molecule has 1 heterocycles. The van der Waals surface area contributed by atoms with E-state index in [1.807, 2.05) is 13.8 Å². The largest absolute Gasteiger partial charge is 0.465 e. The van der Waals surface area contributed by atoms with Crippen molar-refractivity contribution in [2.24, 2.45) is 5.41 Å². The van der Waals surface area contributed by atoms with E-state index < -0.39 is 5.79 Å². The lowest BCUT2D eigenvalue weighted by molar-refractivity contribution is -0.286. The van der Waals surface area contributed by atoms with Crippen LogP contribution in [0.25, 0.3) is 0 Å². The van der Waals surface area contributed by atoms with E-state index in [2.05, 4.69) is 22.9 Å². The third-order valence-corrected chi connectivity index (χ3v) is 7.45. The Hall–Kier alpha value is -0.130. The number of ether oxygens (including phenoxy) is 3. The van der Waals surface area contributed by atoms with Gasteiger partial charge in [0.1, 0.15) is 6.61 Å². The molecule has 0 saturated carbocycles. The van der Waals surface area contributed by atoms with Crippen molar-refractivity contribution in [2.75, 3.05) is 25.2 Å². The number of carbonyl (C=O) groups is 1. The number of alkyl halides is 1. The molecule has 0 N–H and O–H groups in total. The maximum Gasteiger partial charge on any atom is 0.305 e. The molecule has 4 nitrogen and oxygen atoms in total. The predicted molar refractivity (Wildman–Crippen MR) is 133 cm³/mol. The van der Waals surface area contributed by atoms with Crippen LogP contribution in [0.1, 0.15) is 124 Å². The van der Waals surface area contributed by atoms with Gasteiger partial charge >= 0.3 is 5.97 Å². The molecule has 1 rings (SSSR count). The first-order valence-corrected chi connectivity index (χ1v) is 14.0. The Morgan fingerprint density at radius 1 is 0.774 bits per heavy atom. The first-order chi connectivity index (χ1) is 14.9. The normalized spacial score (nSPS) is 17.5. The monoisotopic (exact) mass is 504 g/mol. The third-order valence-electron chi connectivity index (χ3n) is 6.26. The molecular weight excluding hydrogens is 456 g/mol. The standard InChI is InChI=1S/C26H49BrO4/c1-4-5-6-7-8-9-10-11-12-13-14-15-16-17-18-19-24(28)29-21-26(20-27)22-30-25(2,3)31-23-26/h4-23H2,1-3H3. The van der Waals surface area contributed by atoms with Crippen LogP contribution < -0.4 is 0 Å². The SMILES string of the molecule is CCCCCCCCCCCCCCCCCC(=O)OCC1(CBr)COC(C)(C)OC1. The van der Waals surface area contributed by atoms with Crippen molar-refractivity contribution in [1.82, 2.24) is 0 Å². The van der Waals surface area contributed by atoms with Crippen molar-refractivity contribution in [1.29, 1.82) is 0 Å². The molecular formula is C26H49BrO4. The molecule has 0 spiro atoms. The Morgan fingerprint density at radius 3 is 1.61 bits per heavy atom. The van der Waals surface area contributed by atoms with Gasteiger partial charge < -0.3 is 14.2 Å². The molecule has 0 aromatic heterocycles. The van der Waals surface area contributed by atoms with Crippen LogP contribution in [0.3, 0.4) is 0 Å². The second kappa shape index (κ2) is 17.4. The minimum atomic E-state index is -0.552. The summed E-state index contributed by atoms with van der Waals surface area (Å²) in [5, 5.41) is 0.697. The van der Waals surface area contributed by atoms with Crippen LogP contribution in [0.15, 0.2) is 0 Å². The first-order valence-electron chi connectivity index (χ1n) is 12.9. The van der Waals surface area contributed by atoms with Gasteiger partial charge in [-0.05, 0) is 20.3 Å². The van der Waals surface area contributed by atoms with E-state index >= 15 is 0 Å². The van der Waals surface area contributed by atoms with Gasteiger partial charge in [-0.25, -0.2) is 0 Å². The van der Waals surface area contributed by atoms with E-state index in [1.54, 1.807) is 0 Å². The fraction of sp³-hybridized carbons (Fsp3) is 0.962. The molecule has 0 aliphatic carbocycles. The number of esters is 1. The lowest BCUT2D eigenvalue weighted by Gasteiger charge is -2.42. The van der Waals surface area contributed by atoms with Crippen LogP contribution in [0.4, 0.5) is 0 Å². The predicted octanol–water partition coefficient (Wildman–Crippen LogP) is 7.96. The summed E-state index contributed by atoms with van der Waals surface area (Å²) in [6, 6.07) is 0. The molecule has 1 saturated heterocycles. The van der Waals surface area contributed by atoms with Crippen LogP contribution in [-0.2, 0) is 19.0 Å². The highest BCUT2D eigenvalue weighted by atomic mass is 79.9. The Morgan fingerprint density at radius 2 is 1.19 bits per heavy atom. The maximum atomic E-state index is 12.1. The minimum absolute atomic E-state index is 0.0974. The van der Waals surface area contributed by atoms with E-state index in [0.717, 1.165) is 12.8 Å². The number of halogens is 1. The van der Waals surface area contributed by atoms with Gasteiger partial charge in [0, 0.05) is 11.8 Å². The zero-order valence-electron chi connectivity index (χ0n) is 20.7. The van der Waals surface area contributed by atoms with Crippen LogP contribution >= 0.6 is 15.9 Å². The van der Waals surface area contributed by atoms with Gasteiger partial charge in [0.05, 0.1) is 18.6 Å². The zero-order chi connectivity index (χ0) is 22.8. The maximum absolute atomic E-state index is 12.1. The Bertz CT molecular complexity index is 443. The third kappa shape index (κ3) is 14.6. The highest BCUT2D eigenvalue weighted by Gasteiger charge is 2.40. The van der Waals surface area contributed by atoms with Crippen LogP contribution in [0.2, 0.25) is 0 Å². The molecule has 0 aromatic carbocycles. The fourth-order valence-corrected chi connectivity index (χ4v) is 4.37. The van der Waals surface area contributed by atoms with Crippen LogP contribution in [0, 0.1) is 5.41 Å². The number of rotatable bonds is 19. The lowest BCUT2D eigenvalue weighted by atomic mass is 9.93. The highest BCUT2D eigenvalue weighted by molar-refractivity contribution is 9.09. The molecule has 1 fully saturated rings. The zero-order valence-corrected chi connectivity index (χ0v) is 22.2. The lowest BCUT2D eigenvalue weighted by Crippen LogP contribution is -2.50. The Balaban J connectivity index is 1.89. The smallest absolute Gasteiger partial charge is 0.305 e. The number of hydrogen-bond donors (Lipinski definition) is 0. The summed E-state index contributed by atoms with van der Waals surface area (Å²) in [7, 11) is 0. The molecule has 0 atom stereocenters. The van der Waals surface area contributed by atoms with E-state index in [4.69, 9.17) is 14.2 Å². The number of carbonyl (C=O) groups excluding carboxylic acids is 1. The van der Waals surface area contributed by atoms with Crippen molar-refractivity contribution in [2.45, 2.75) is 129 Å². The fourth-order valence-electron chi connectivity index (χ4n) is 3.88. The Labute approximate surface area is 200 Å². The molecule has 0 amide bonds. The van der Waals surface area contributed by atoms with Gasteiger partial charge in [-0.1, -0.05) is 113 Å². The summed E-state index contributed by atoms with van der Waals surface area (Å²) < 4.78 is 17.0. The first kappa shape index (κ1) is 28.9. The quantitative estimate of drug-likeness (QED) is 0.101. The van der Waals surface area contributed by atoms with Crippen LogP contribution in [0.5, 0.6) is 0 Å². The molecule has 31 heavy (non-hydrogen) atoms. The minimum Gasteiger partial charge on any atom is -0.465 e. The highest BCUT2D eigenvalue weighted by Crippen LogP contribution is 2.32. The molecule has 0 bridgehead atoms. The summed E-state index contributed by atoms with van der Waals surface area (Å²) >= 11 is 3.53. The topological polar surface area (TPSA) is 44.8 Å². The summed E-state index contributed by atoms with van der Waals surface area (Å²) in [6.07, 6.45) is 20.5. The van der Waals surface area contributed by atoms with Gasteiger partial charge in [0.15, 0.2) is 5.79 Å². The molecule has 5 heteroatoms. The van der Waals surface area contributed by atoms with Gasteiger partial charge in [0.25, 0.3) is 0 Å². The second-order valence-electron chi connectivity index (χ2n) is 9.97. The second-order valence-corrected chi connectivity index (χ2v) is 10.5. The summed E-state index contributed by atoms with van der Waals surface area (Å²) in [5.41, 5.74) is -0.278. The van der Waals surface area contributed by atoms with E-state index in [0.29, 0.717) is 31.6 Å². The van der Waals surface area contributed by atoms with Gasteiger partial charge in [-0.2, -0.15) is 0 Å². The summed E-state index contributed by atoms with van der Waals surface area (Å²) in [5.74, 6) is -0.649. The molecule has 0 unspecified atom stereocenters. The average Bonchev–Trinajstić information content (AvgIpc) is 2.76. The van der Waals surface area contributed by atoms with Crippen molar-refractivity contribution in [3.8, 4) is 0 Å². The Kier molecular flexibility index (Phi) is 16.2. The molecule has 1 aliphatic heterocycles. The van der Waals surface area contributed by atoms with Gasteiger partial charge in [-0.3, -0.25) is 4.79 Å². The van der Waals surface area contributed by atoms with Gasteiger partial charge in [0.2, 0.25) is 0 Å². The van der Waals surface area contributed by atoms with E-state index in [1.165, 1.54) is 83.5 Å². The summed E-state index contributed by atoms with van der Waals surface area (Å²) in [6.45, 7) is 7.53.